The third-order valence-corrected chi connectivity index (χ3v) is 6.79. The average Bonchev–Trinajstić information content (AvgIpc) is 3.38. The van der Waals surface area contributed by atoms with Crippen LogP contribution in [-0.2, 0) is 16.8 Å². The van der Waals surface area contributed by atoms with Gasteiger partial charge in [0.15, 0.2) is 0 Å². The van der Waals surface area contributed by atoms with Crippen molar-refractivity contribution in [3.05, 3.63) is 30.1 Å². The molecule has 5 nitrogen and oxygen atoms in total. The quantitative estimate of drug-likeness (QED) is 0.808. The first kappa shape index (κ1) is 15.9. The first-order valence-corrected chi connectivity index (χ1v) is 9.63. The van der Waals surface area contributed by atoms with Crippen LogP contribution in [0.15, 0.2) is 24.4 Å². The van der Waals surface area contributed by atoms with Gasteiger partial charge >= 0.3 is 0 Å². The number of hydrogen-bond acceptors (Lipinski definition) is 3. The number of pyridine rings is 1. The molecule has 0 aromatic carbocycles. The van der Waals surface area contributed by atoms with Crippen molar-refractivity contribution in [3.8, 4) is 0 Å². The van der Waals surface area contributed by atoms with E-state index in [4.69, 9.17) is 0 Å². The molecule has 2 aliphatic carbocycles. The second-order valence-electron chi connectivity index (χ2n) is 6.41. The van der Waals surface area contributed by atoms with E-state index in [0.29, 0.717) is 6.54 Å². The molecular weight excluding hydrogens is 298 g/mol. The number of rotatable bonds is 6. The van der Waals surface area contributed by atoms with Crippen molar-refractivity contribution >= 4 is 10.2 Å². The topological polar surface area (TPSA) is 53.5 Å². The number of aromatic nitrogens is 1. The summed E-state index contributed by atoms with van der Waals surface area (Å²) in [5, 5.41) is 0. The highest BCUT2D eigenvalue weighted by molar-refractivity contribution is 7.86. The van der Waals surface area contributed by atoms with Gasteiger partial charge in [0.2, 0.25) is 0 Å². The zero-order chi connectivity index (χ0) is 15.6. The van der Waals surface area contributed by atoms with Gasteiger partial charge in [0.25, 0.3) is 10.2 Å². The molecule has 0 bridgehead atoms. The van der Waals surface area contributed by atoms with E-state index in [1.165, 1.54) is 6.42 Å². The van der Waals surface area contributed by atoms with Crippen molar-refractivity contribution in [2.45, 2.75) is 63.6 Å². The molecule has 0 spiro atoms. The van der Waals surface area contributed by atoms with E-state index in [-0.39, 0.29) is 12.1 Å². The fourth-order valence-corrected chi connectivity index (χ4v) is 5.01. The lowest BCUT2D eigenvalue weighted by molar-refractivity contribution is 0.258. The van der Waals surface area contributed by atoms with Crippen LogP contribution in [0.3, 0.4) is 0 Å². The summed E-state index contributed by atoms with van der Waals surface area (Å²) < 4.78 is 29.4. The molecule has 1 aromatic rings. The van der Waals surface area contributed by atoms with Crippen molar-refractivity contribution in [2.75, 3.05) is 7.05 Å². The molecule has 122 valence electrons. The summed E-state index contributed by atoms with van der Waals surface area (Å²) in [7, 11) is -1.66. The molecule has 1 heterocycles. The Bertz CT molecular complexity index is 581. The number of hydrogen-bond donors (Lipinski definition) is 0. The second-order valence-corrected chi connectivity index (χ2v) is 8.35. The molecule has 22 heavy (non-hydrogen) atoms. The molecule has 0 amide bonds. The highest BCUT2D eigenvalue weighted by Gasteiger charge is 2.41. The first-order chi connectivity index (χ1) is 10.6. The summed E-state index contributed by atoms with van der Waals surface area (Å²) in [6.45, 7) is 0.380. The molecule has 0 unspecified atom stereocenters. The Morgan fingerprint density at radius 2 is 1.82 bits per heavy atom. The highest BCUT2D eigenvalue weighted by Crippen LogP contribution is 2.33. The molecule has 2 aliphatic rings. The van der Waals surface area contributed by atoms with Crippen LogP contribution in [0.4, 0.5) is 0 Å². The van der Waals surface area contributed by atoms with E-state index in [9.17, 15) is 8.42 Å². The van der Waals surface area contributed by atoms with Gasteiger partial charge in [-0.2, -0.15) is 17.0 Å². The van der Waals surface area contributed by atoms with Crippen LogP contribution in [0.1, 0.15) is 50.6 Å². The van der Waals surface area contributed by atoms with Crippen molar-refractivity contribution < 1.29 is 8.42 Å². The van der Waals surface area contributed by atoms with Gasteiger partial charge in [-0.3, -0.25) is 4.98 Å². The molecule has 3 rings (SSSR count). The zero-order valence-electron chi connectivity index (χ0n) is 13.2. The van der Waals surface area contributed by atoms with Gasteiger partial charge in [-0.1, -0.05) is 25.3 Å². The van der Waals surface area contributed by atoms with Crippen LogP contribution in [0, 0.1) is 0 Å². The van der Waals surface area contributed by atoms with Crippen molar-refractivity contribution in [2.24, 2.45) is 0 Å². The van der Waals surface area contributed by atoms with E-state index in [2.05, 4.69) is 4.98 Å². The van der Waals surface area contributed by atoms with Gasteiger partial charge < -0.3 is 0 Å². The third-order valence-electron chi connectivity index (χ3n) is 4.75. The summed E-state index contributed by atoms with van der Waals surface area (Å²) in [6, 6.07) is 5.96. The lowest BCUT2D eigenvalue weighted by Gasteiger charge is -2.34. The van der Waals surface area contributed by atoms with Crippen molar-refractivity contribution in [1.82, 2.24) is 13.6 Å². The normalized spacial score (nSPS) is 20.7. The largest absolute Gasteiger partial charge is 0.282 e. The molecule has 1 aromatic heterocycles. The molecule has 2 fully saturated rings. The average molecular weight is 323 g/mol. The molecule has 0 atom stereocenters. The van der Waals surface area contributed by atoms with Crippen molar-refractivity contribution in [1.29, 1.82) is 0 Å². The predicted molar refractivity (Wildman–Crippen MR) is 86.4 cm³/mol. The molecular formula is C16H25N3O2S. The van der Waals surface area contributed by atoms with Gasteiger partial charge in [0.1, 0.15) is 0 Å². The van der Waals surface area contributed by atoms with E-state index in [1.54, 1.807) is 21.9 Å². The Labute approximate surface area is 133 Å². The SMILES string of the molecule is CN(C1CCCCC1)S(=O)(=O)N(Cc1ccccn1)C1CC1. The van der Waals surface area contributed by atoms with Crippen LogP contribution < -0.4 is 0 Å². The van der Waals surface area contributed by atoms with Crippen LogP contribution in [0.2, 0.25) is 0 Å². The lowest BCUT2D eigenvalue weighted by atomic mass is 9.96. The van der Waals surface area contributed by atoms with Crippen LogP contribution >= 0.6 is 0 Å². The Morgan fingerprint density at radius 3 is 2.41 bits per heavy atom. The summed E-state index contributed by atoms with van der Waals surface area (Å²) in [5.74, 6) is 0. The molecule has 0 saturated heterocycles. The maximum absolute atomic E-state index is 13.0. The summed E-state index contributed by atoms with van der Waals surface area (Å²) in [4.78, 5) is 4.29. The van der Waals surface area contributed by atoms with Gasteiger partial charge in [-0.05, 0) is 37.8 Å². The molecule has 0 radical (unpaired) electrons. The minimum absolute atomic E-state index is 0.151. The Hall–Kier alpha value is -0.980. The molecule has 0 N–H and O–H groups in total. The van der Waals surface area contributed by atoms with E-state index < -0.39 is 10.2 Å². The van der Waals surface area contributed by atoms with Gasteiger partial charge in [-0.25, -0.2) is 0 Å². The fraction of sp³-hybridized carbons (Fsp3) is 0.688. The lowest BCUT2D eigenvalue weighted by Crippen LogP contribution is -2.47. The molecule has 0 aliphatic heterocycles. The minimum Gasteiger partial charge on any atom is -0.260 e. The van der Waals surface area contributed by atoms with Gasteiger partial charge in [0, 0.05) is 25.3 Å². The number of nitrogens with zero attached hydrogens (tertiary/aromatic N) is 3. The van der Waals surface area contributed by atoms with E-state index in [0.717, 1.165) is 44.2 Å². The monoisotopic (exact) mass is 323 g/mol. The highest BCUT2D eigenvalue weighted by atomic mass is 32.2. The second kappa shape index (κ2) is 6.64. The molecule has 2 saturated carbocycles. The maximum Gasteiger partial charge on any atom is 0.282 e. The smallest absolute Gasteiger partial charge is 0.260 e. The third kappa shape index (κ3) is 3.50. The maximum atomic E-state index is 13.0. The van der Waals surface area contributed by atoms with E-state index >= 15 is 0 Å². The first-order valence-electron chi connectivity index (χ1n) is 8.24. The standard InChI is InChI=1S/C16H25N3O2S/c1-18(15-8-3-2-4-9-15)22(20,21)19(16-10-11-16)13-14-7-5-6-12-17-14/h5-7,12,15-16H,2-4,8-11,13H2,1H3. The van der Waals surface area contributed by atoms with E-state index in [1.807, 2.05) is 18.2 Å². The summed E-state index contributed by atoms with van der Waals surface area (Å²) >= 11 is 0. The Kier molecular flexibility index (Phi) is 4.80. The minimum atomic E-state index is -3.41. The summed E-state index contributed by atoms with van der Waals surface area (Å²) in [5.41, 5.74) is 0.815. The van der Waals surface area contributed by atoms with Crippen LogP contribution in [0.25, 0.3) is 0 Å². The fourth-order valence-electron chi connectivity index (χ4n) is 3.21. The Balaban J connectivity index is 1.77. The van der Waals surface area contributed by atoms with Crippen LogP contribution in [0.5, 0.6) is 0 Å². The van der Waals surface area contributed by atoms with Gasteiger partial charge in [0.05, 0.1) is 12.2 Å². The summed E-state index contributed by atoms with van der Waals surface area (Å²) in [6.07, 6.45) is 9.11. The predicted octanol–water partition coefficient (Wildman–Crippen LogP) is 2.56. The van der Waals surface area contributed by atoms with Crippen LogP contribution in [-0.4, -0.2) is 41.1 Å². The zero-order valence-corrected chi connectivity index (χ0v) is 14.0. The molecule has 6 heteroatoms. The Morgan fingerprint density at radius 1 is 1.09 bits per heavy atom. The van der Waals surface area contributed by atoms with Gasteiger partial charge in [-0.15, -0.1) is 0 Å². The van der Waals surface area contributed by atoms with Crippen molar-refractivity contribution in [3.63, 3.8) is 0 Å².